The first kappa shape index (κ1) is 12.1. The third-order valence-electron chi connectivity index (χ3n) is 2.02. The number of halogens is 1. The van der Waals surface area contributed by atoms with Gasteiger partial charge in [-0.25, -0.2) is 0 Å². The van der Waals surface area contributed by atoms with Gasteiger partial charge in [0.15, 0.2) is 5.75 Å². The highest BCUT2D eigenvalue weighted by molar-refractivity contribution is 6.16. The smallest absolute Gasteiger partial charge is 0.223 e. The third kappa shape index (κ3) is 2.99. The maximum absolute atomic E-state index is 11.6. The van der Waals surface area contributed by atoms with Gasteiger partial charge in [-0.1, -0.05) is 0 Å². The summed E-state index contributed by atoms with van der Waals surface area (Å²) in [6.07, 6.45) is 1.73. The molecule has 1 rings (SSSR count). The van der Waals surface area contributed by atoms with Gasteiger partial charge in [-0.2, -0.15) is 0 Å². The van der Waals surface area contributed by atoms with Crippen LogP contribution in [0.15, 0.2) is 17.1 Å². The van der Waals surface area contributed by atoms with E-state index in [-0.39, 0.29) is 11.5 Å². The zero-order valence-corrected chi connectivity index (χ0v) is 10.0. The molecule has 1 aromatic rings. The molecule has 1 heterocycles. The normalized spacial score (nSPS) is 10.7. The van der Waals surface area contributed by atoms with Gasteiger partial charge in [0.25, 0.3) is 0 Å². The quantitative estimate of drug-likeness (QED) is 0.743. The van der Waals surface area contributed by atoms with Gasteiger partial charge in [-0.3, -0.25) is 4.79 Å². The van der Waals surface area contributed by atoms with Crippen molar-refractivity contribution in [2.45, 2.75) is 39.3 Å². The van der Waals surface area contributed by atoms with Crippen LogP contribution in [-0.2, 0) is 12.4 Å². The summed E-state index contributed by atoms with van der Waals surface area (Å²) in [6.45, 7) is 6.56. The van der Waals surface area contributed by atoms with E-state index < -0.39 is 0 Å². The van der Waals surface area contributed by atoms with E-state index in [1.807, 2.05) is 25.3 Å². The molecule has 3 nitrogen and oxygen atoms in total. The van der Waals surface area contributed by atoms with Gasteiger partial charge in [0.05, 0.1) is 18.2 Å². The molecule has 0 aromatic carbocycles. The van der Waals surface area contributed by atoms with Crippen molar-refractivity contribution in [3.05, 3.63) is 28.2 Å². The Labute approximate surface area is 94.6 Å². The second-order valence-electron chi connectivity index (χ2n) is 3.58. The van der Waals surface area contributed by atoms with Crippen LogP contribution >= 0.6 is 11.6 Å². The van der Waals surface area contributed by atoms with Crippen molar-refractivity contribution in [2.75, 3.05) is 0 Å². The van der Waals surface area contributed by atoms with Crippen LogP contribution in [-0.4, -0.2) is 10.7 Å². The fourth-order valence-electron chi connectivity index (χ4n) is 1.35. The topological polar surface area (TPSA) is 31.2 Å². The summed E-state index contributed by atoms with van der Waals surface area (Å²) in [7, 11) is 0. The Morgan fingerprint density at radius 2 is 2.20 bits per heavy atom. The van der Waals surface area contributed by atoms with Crippen molar-refractivity contribution in [1.29, 1.82) is 0 Å². The van der Waals surface area contributed by atoms with Crippen LogP contribution in [0.5, 0.6) is 5.75 Å². The molecule has 0 bridgehead atoms. The molecule has 1 aromatic heterocycles. The number of hydrogen-bond donors (Lipinski definition) is 0. The Morgan fingerprint density at radius 3 is 2.67 bits per heavy atom. The van der Waals surface area contributed by atoms with Crippen LogP contribution in [0.3, 0.4) is 0 Å². The van der Waals surface area contributed by atoms with Gasteiger partial charge in [-0.15, -0.1) is 11.6 Å². The van der Waals surface area contributed by atoms with Gasteiger partial charge in [0, 0.05) is 18.3 Å². The lowest BCUT2D eigenvalue weighted by molar-refractivity contribution is 0.237. The van der Waals surface area contributed by atoms with Crippen molar-refractivity contribution in [3.8, 4) is 5.75 Å². The minimum Gasteiger partial charge on any atom is -0.485 e. The second-order valence-corrected chi connectivity index (χ2v) is 3.85. The molecule has 0 saturated carbocycles. The van der Waals surface area contributed by atoms with Crippen LogP contribution in [0.4, 0.5) is 0 Å². The van der Waals surface area contributed by atoms with Crippen LogP contribution in [0.1, 0.15) is 26.5 Å². The Bertz CT molecular complexity index is 385. The predicted molar refractivity (Wildman–Crippen MR) is 61.7 cm³/mol. The molecule has 0 unspecified atom stereocenters. The fourth-order valence-corrected chi connectivity index (χ4v) is 1.58. The highest BCUT2D eigenvalue weighted by Gasteiger charge is 2.07. The van der Waals surface area contributed by atoms with Crippen molar-refractivity contribution in [1.82, 2.24) is 4.57 Å². The lowest BCUT2D eigenvalue weighted by atomic mass is 10.3. The summed E-state index contributed by atoms with van der Waals surface area (Å²) in [6, 6.07) is 1.54. The molecule has 4 heteroatoms. The van der Waals surface area contributed by atoms with E-state index in [4.69, 9.17) is 16.3 Å². The SMILES string of the molecule is CCn1cc(OC(C)C)c(=O)cc1CCl. The molecule has 0 N–H and O–H groups in total. The van der Waals surface area contributed by atoms with E-state index in [0.29, 0.717) is 11.6 Å². The molecule has 0 fully saturated rings. The summed E-state index contributed by atoms with van der Waals surface area (Å²) in [4.78, 5) is 11.6. The second kappa shape index (κ2) is 5.21. The summed E-state index contributed by atoms with van der Waals surface area (Å²) in [5.41, 5.74) is 0.712. The van der Waals surface area contributed by atoms with Gasteiger partial charge in [0.2, 0.25) is 5.43 Å². The number of alkyl halides is 1. The van der Waals surface area contributed by atoms with Gasteiger partial charge >= 0.3 is 0 Å². The summed E-state index contributed by atoms with van der Waals surface area (Å²) < 4.78 is 7.33. The highest BCUT2D eigenvalue weighted by Crippen LogP contribution is 2.10. The van der Waals surface area contributed by atoms with Crippen molar-refractivity contribution in [3.63, 3.8) is 0 Å². The number of nitrogens with zero attached hydrogens (tertiary/aromatic N) is 1. The fraction of sp³-hybridized carbons (Fsp3) is 0.545. The average molecular weight is 230 g/mol. The standard InChI is InChI=1S/C11H16ClNO2/c1-4-13-7-11(15-8(2)3)10(14)5-9(13)6-12/h5,7-8H,4,6H2,1-3H3. The first-order valence-corrected chi connectivity index (χ1v) is 5.58. The van der Waals surface area contributed by atoms with Crippen molar-refractivity contribution < 1.29 is 4.74 Å². The molecule has 15 heavy (non-hydrogen) atoms. The molecule has 0 aliphatic heterocycles. The molecule has 0 atom stereocenters. The van der Waals surface area contributed by atoms with Crippen molar-refractivity contribution in [2.24, 2.45) is 0 Å². The lowest BCUT2D eigenvalue weighted by Gasteiger charge is -2.13. The van der Waals surface area contributed by atoms with Gasteiger partial charge in [0.1, 0.15) is 0 Å². The first-order valence-electron chi connectivity index (χ1n) is 5.04. The maximum Gasteiger partial charge on any atom is 0.223 e. The highest BCUT2D eigenvalue weighted by atomic mass is 35.5. The molecule has 0 saturated heterocycles. The van der Waals surface area contributed by atoms with E-state index >= 15 is 0 Å². The first-order chi connectivity index (χ1) is 7.08. The molecule has 0 spiro atoms. The molecule has 0 aliphatic rings. The maximum atomic E-state index is 11.6. The Morgan fingerprint density at radius 1 is 1.53 bits per heavy atom. The summed E-state index contributed by atoms with van der Waals surface area (Å²) >= 11 is 5.74. The van der Waals surface area contributed by atoms with E-state index in [1.165, 1.54) is 6.07 Å². The zero-order valence-electron chi connectivity index (χ0n) is 9.29. The van der Waals surface area contributed by atoms with E-state index in [2.05, 4.69) is 0 Å². The zero-order chi connectivity index (χ0) is 11.4. The average Bonchev–Trinajstić information content (AvgIpc) is 2.19. The molecule has 0 amide bonds. The minimum absolute atomic E-state index is 0.00450. The predicted octanol–water partition coefficient (Wildman–Crippen LogP) is 2.39. The Hall–Kier alpha value is -0.960. The number of rotatable bonds is 4. The Kier molecular flexibility index (Phi) is 4.21. The number of aromatic nitrogens is 1. The molecule has 0 radical (unpaired) electrons. The summed E-state index contributed by atoms with van der Waals surface area (Å²) in [5.74, 6) is 0.728. The number of ether oxygens (including phenoxy) is 1. The molecular weight excluding hydrogens is 214 g/mol. The Balaban J connectivity index is 3.14. The summed E-state index contributed by atoms with van der Waals surface area (Å²) in [5, 5.41) is 0. The van der Waals surface area contributed by atoms with E-state index in [1.54, 1.807) is 6.20 Å². The number of hydrogen-bond acceptors (Lipinski definition) is 2. The van der Waals surface area contributed by atoms with Crippen LogP contribution in [0.25, 0.3) is 0 Å². The van der Waals surface area contributed by atoms with E-state index in [0.717, 1.165) is 12.2 Å². The lowest BCUT2D eigenvalue weighted by Crippen LogP contribution is -2.17. The van der Waals surface area contributed by atoms with Crippen LogP contribution in [0, 0.1) is 0 Å². The molecule has 84 valence electrons. The number of pyridine rings is 1. The number of aryl methyl sites for hydroxylation is 1. The van der Waals surface area contributed by atoms with Crippen LogP contribution in [0.2, 0.25) is 0 Å². The molecular formula is C11H16ClNO2. The largest absolute Gasteiger partial charge is 0.485 e. The third-order valence-corrected chi connectivity index (χ3v) is 2.30. The van der Waals surface area contributed by atoms with E-state index in [9.17, 15) is 4.79 Å². The monoisotopic (exact) mass is 229 g/mol. The van der Waals surface area contributed by atoms with Gasteiger partial charge in [-0.05, 0) is 20.8 Å². The van der Waals surface area contributed by atoms with Crippen LogP contribution < -0.4 is 10.2 Å². The molecule has 0 aliphatic carbocycles. The van der Waals surface area contributed by atoms with Gasteiger partial charge < -0.3 is 9.30 Å². The minimum atomic E-state index is -0.107. The van der Waals surface area contributed by atoms with Crippen molar-refractivity contribution >= 4 is 11.6 Å².